The number of aromatic nitrogens is 2. The third-order valence-corrected chi connectivity index (χ3v) is 5.65. The van der Waals surface area contributed by atoms with E-state index >= 15 is 0 Å². The maximum absolute atomic E-state index is 12.7. The molecule has 1 N–H and O–H groups in total. The minimum Gasteiger partial charge on any atom is -0.494 e. The van der Waals surface area contributed by atoms with Crippen LogP contribution in [0.25, 0.3) is 11.0 Å². The van der Waals surface area contributed by atoms with E-state index in [2.05, 4.69) is 13.5 Å². The molecule has 8 heteroatoms. The summed E-state index contributed by atoms with van der Waals surface area (Å²) in [6.45, 7) is 4.26. The second kappa shape index (κ2) is 6.84. The van der Waals surface area contributed by atoms with E-state index in [9.17, 15) is 8.42 Å². The zero-order chi connectivity index (χ0) is 17.2. The highest BCUT2D eigenvalue weighted by molar-refractivity contribution is 7.89. The van der Waals surface area contributed by atoms with Crippen LogP contribution in [0.15, 0.2) is 47.4 Å². The van der Waals surface area contributed by atoms with Gasteiger partial charge in [-0.15, -0.1) is 0 Å². The van der Waals surface area contributed by atoms with Crippen LogP contribution in [0, 0.1) is 0 Å². The van der Waals surface area contributed by atoms with E-state index in [1.54, 1.807) is 19.1 Å². The zero-order valence-corrected chi connectivity index (χ0v) is 14.9. The van der Waals surface area contributed by atoms with Gasteiger partial charge in [-0.25, -0.2) is 13.1 Å². The normalized spacial score (nSPS) is 13.1. The summed E-state index contributed by atoms with van der Waals surface area (Å²) < 4.78 is 41.8. The molecule has 1 aromatic heterocycles. The smallest absolute Gasteiger partial charge is 0.243 e. The maximum Gasteiger partial charge on any atom is 0.243 e. The highest BCUT2D eigenvalue weighted by Gasteiger charge is 2.22. The lowest BCUT2D eigenvalue weighted by molar-refractivity contribution is 0.339. The van der Waals surface area contributed by atoms with E-state index in [-0.39, 0.29) is 4.90 Å². The van der Waals surface area contributed by atoms with Gasteiger partial charge in [-0.1, -0.05) is 18.2 Å². The highest BCUT2D eigenvalue weighted by Crippen LogP contribution is 2.24. The number of rotatable bonds is 6. The number of hydrogen-bond acceptors (Lipinski definition) is 6. The number of nitrogens with zero attached hydrogens (tertiary/aromatic N) is 2. The second-order valence-electron chi connectivity index (χ2n) is 5.24. The topological polar surface area (TPSA) is 81.2 Å². The molecular weight excluding hydrogens is 346 g/mol. The molecule has 1 atom stereocenters. The second-order valence-corrected chi connectivity index (χ2v) is 7.45. The highest BCUT2D eigenvalue weighted by atomic mass is 32.2. The Balaban J connectivity index is 1.89. The molecular formula is C16H17N3O3S2. The zero-order valence-electron chi connectivity index (χ0n) is 13.3. The fourth-order valence-electron chi connectivity index (χ4n) is 2.40. The Bertz CT molecular complexity index is 954. The molecule has 0 aliphatic rings. The minimum atomic E-state index is -3.72. The van der Waals surface area contributed by atoms with Crippen molar-refractivity contribution < 1.29 is 13.2 Å². The molecule has 0 fully saturated rings. The van der Waals surface area contributed by atoms with Crippen molar-refractivity contribution in [1.29, 1.82) is 0 Å². The molecule has 0 saturated heterocycles. The number of sulfonamides is 1. The predicted octanol–water partition coefficient (Wildman–Crippen LogP) is 3.13. The van der Waals surface area contributed by atoms with Gasteiger partial charge in [-0.05, 0) is 43.7 Å². The van der Waals surface area contributed by atoms with Gasteiger partial charge in [0.05, 0.1) is 18.3 Å². The Hall–Kier alpha value is -2.03. The molecule has 0 amide bonds. The van der Waals surface area contributed by atoms with Gasteiger partial charge in [-0.2, -0.15) is 8.75 Å². The molecule has 24 heavy (non-hydrogen) atoms. The lowest BCUT2D eigenvalue weighted by Gasteiger charge is -2.16. The van der Waals surface area contributed by atoms with Crippen molar-refractivity contribution >= 4 is 32.8 Å². The fraction of sp³-hybridized carbons (Fsp3) is 0.250. The van der Waals surface area contributed by atoms with E-state index in [1.807, 2.05) is 31.2 Å². The van der Waals surface area contributed by atoms with Crippen LogP contribution in [0.5, 0.6) is 5.75 Å². The summed E-state index contributed by atoms with van der Waals surface area (Å²) in [5.41, 5.74) is 1.80. The number of ether oxygens (including phenoxy) is 1. The Morgan fingerprint density at radius 2 is 2.00 bits per heavy atom. The number of nitrogens with one attached hydrogen (secondary N) is 1. The Morgan fingerprint density at radius 1 is 1.21 bits per heavy atom. The molecule has 3 rings (SSSR count). The van der Waals surface area contributed by atoms with Crippen LogP contribution in [0.2, 0.25) is 0 Å². The molecule has 0 aliphatic carbocycles. The first-order valence-corrected chi connectivity index (χ1v) is 9.69. The standard InChI is InChI=1S/C16H17N3O3S2/c1-3-22-13-7-4-6-12(10-13)11(2)19-24(20,21)15-9-5-8-14-16(15)18-23-17-14/h4-11,19H,3H2,1-2H3. The molecule has 2 aromatic carbocycles. The third-order valence-electron chi connectivity index (χ3n) is 3.54. The van der Waals surface area contributed by atoms with Crippen molar-refractivity contribution in [2.24, 2.45) is 0 Å². The molecule has 6 nitrogen and oxygen atoms in total. The quantitative estimate of drug-likeness (QED) is 0.728. The maximum atomic E-state index is 12.7. The first-order valence-electron chi connectivity index (χ1n) is 7.47. The first kappa shape index (κ1) is 16.8. The van der Waals surface area contributed by atoms with E-state index < -0.39 is 16.1 Å². The van der Waals surface area contributed by atoms with Gasteiger partial charge in [0, 0.05) is 6.04 Å². The number of benzene rings is 2. The average molecular weight is 363 g/mol. The SMILES string of the molecule is CCOc1cccc(C(C)NS(=O)(=O)c2cccc3nsnc23)c1. The van der Waals surface area contributed by atoms with Crippen LogP contribution in [0.4, 0.5) is 0 Å². The number of hydrogen-bond donors (Lipinski definition) is 1. The van der Waals surface area contributed by atoms with Crippen molar-refractivity contribution in [3.05, 3.63) is 48.0 Å². The van der Waals surface area contributed by atoms with Crippen LogP contribution in [0.3, 0.4) is 0 Å². The lowest BCUT2D eigenvalue weighted by Crippen LogP contribution is -2.27. The third kappa shape index (κ3) is 3.40. The average Bonchev–Trinajstić information content (AvgIpc) is 3.03. The van der Waals surface area contributed by atoms with Crippen LogP contribution < -0.4 is 9.46 Å². The van der Waals surface area contributed by atoms with Crippen LogP contribution in [-0.2, 0) is 10.0 Å². The Kier molecular flexibility index (Phi) is 4.79. The lowest BCUT2D eigenvalue weighted by atomic mass is 10.1. The van der Waals surface area contributed by atoms with Crippen molar-refractivity contribution in [3.8, 4) is 5.75 Å². The van der Waals surface area contributed by atoms with E-state index in [0.717, 1.165) is 17.3 Å². The minimum absolute atomic E-state index is 0.140. The summed E-state index contributed by atoms with van der Waals surface area (Å²) in [7, 11) is -3.72. The molecule has 0 aliphatic heterocycles. The summed E-state index contributed by atoms with van der Waals surface area (Å²) in [6.07, 6.45) is 0. The molecule has 3 aromatic rings. The van der Waals surface area contributed by atoms with Crippen LogP contribution in [-0.4, -0.2) is 23.8 Å². The van der Waals surface area contributed by atoms with Crippen molar-refractivity contribution in [3.63, 3.8) is 0 Å². The molecule has 0 bridgehead atoms. The van der Waals surface area contributed by atoms with Gasteiger partial charge >= 0.3 is 0 Å². The summed E-state index contributed by atoms with van der Waals surface area (Å²) in [5.74, 6) is 0.715. The molecule has 0 saturated carbocycles. The van der Waals surface area contributed by atoms with Gasteiger partial charge in [0.25, 0.3) is 0 Å². The predicted molar refractivity (Wildman–Crippen MR) is 93.8 cm³/mol. The fourth-order valence-corrected chi connectivity index (χ4v) is 4.40. The Morgan fingerprint density at radius 3 is 2.79 bits per heavy atom. The summed E-state index contributed by atoms with van der Waals surface area (Å²) >= 11 is 0.997. The van der Waals surface area contributed by atoms with Gasteiger partial charge < -0.3 is 4.74 Å². The van der Waals surface area contributed by atoms with Crippen LogP contribution in [0.1, 0.15) is 25.5 Å². The van der Waals surface area contributed by atoms with Gasteiger partial charge in [-0.3, -0.25) is 0 Å². The monoisotopic (exact) mass is 363 g/mol. The molecule has 126 valence electrons. The van der Waals surface area contributed by atoms with E-state index in [4.69, 9.17) is 4.74 Å². The summed E-state index contributed by atoms with van der Waals surface area (Å²) in [6, 6.07) is 11.9. The molecule has 1 unspecified atom stereocenters. The van der Waals surface area contributed by atoms with Gasteiger partial charge in [0.2, 0.25) is 10.0 Å². The van der Waals surface area contributed by atoms with Crippen molar-refractivity contribution in [2.45, 2.75) is 24.8 Å². The van der Waals surface area contributed by atoms with Crippen LogP contribution >= 0.6 is 11.7 Å². The molecule has 0 spiro atoms. The van der Waals surface area contributed by atoms with Gasteiger partial charge in [0.15, 0.2) is 0 Å². The molecule has 0 radical (unpaired) electrons. The Labute approximate surface area is 144 Å². The summed E-state index contributed by atoms with van der Waals surface area (Å²) in [5, 5.41) is 0. The first-order chi connectivity index (χ1) is 11.5. The largest absolute Gasteiger partial charge is 0.494 e. The van der Waals surface area contributed by atoms with Crippen molar-refractivity contribution in [1.82, 2.24) is 13.5 Å². The van der Waals surface area contributed by atoms with Gasteiger partial charge in [0.1, 0.15) is 21.7 Å². The number of fused-ring (bicyclic) bond motifs is 1. The van der Waals surface area contributed by atoms with E-state index in [0.29, 0.717) is 23.4 Å². The van der Waals surface area contributed by atoms with Crippen molar-refractivity contribution in [2.75, 3.05) is 6.61 Å². The van der Waals surface area contributed by atoms with E-state index in [1.165, 1.54) is 6.07 Å². The molecule has 1 heterocycles. The summed E-state index contributed by atoms with van der Waals surface area (Å²) in [4.78, 5) is 0.140.